The van der Waals surface area contributed by atoms with Crippen LogP contribution in [0.2, 0.25) is 5.02 Å². The van der Waals surface area contributed by atoms with Gasteiger partial charge in [-0.3, -0.25) is 9.59 Å². The average Bonchev–Trinajstić information content (AvgIpc) is 3.12. The lowest BCUT2D eigenvalue weighted by atomic mass is 10.2. The number of carbonyl (C=O) groups is 2. The molecule has 0 radical (unpaired) electrons. The van der Waals surface area contributed by atoms with Crippen molar-refractivity contribution in [3.8, 4) is 0 Å². The minimum atomic E-state index is -0.304. The molecule has 0 atom stereocenters. The van der Waals surface area contributed by atoms with E-state index in [9.17, 15) is 9.59 Å². The van der Waals surface area contributed by atoms with Gasteiger partial charge in [0.25, 0.3) is 5.91 Å². The second-order valence-electron chi connectivity index (χ2n) is 5.91. The number of thioether (sulfide) groups is 1. The van der Waals surface area contributed by atoms with Crippen LogP contribution < -0.4 is 10.6 Å². The lowest BCUT2D eigenvalue weighted by Gasteiger charge is -2.08. The number of amides is 2. The number of nitrogens with zero attached hydrogens (tertiary/aromatic N) is 1. The number of hydrogen-bond donors (Lipinski definition) is 2. The number of carbonyl (C=O) groups excluding carboxylic acids is 2. The fourth-order valence-corrected chi connectivity index (χ4v) is 3.97. The standard InChI is InChI=1S/C20H18ClN3O2S2/c1-13-23-17(11-27-13)12-28-18-8-2-14(3-9-18)20(26)22-10-19(25)24-16-6-4-15(21)5-7-16/h2-9,11H,10,12H2,1H3,(H,22,26)(H,24,25). The van der Waals surface area contributed by atoms with Crippen LogP contribution in [0.4, 0.5) is 5.69 Å². The molecule has 0 saturated carbocycles. The van der Waals surface area contributed by atoms with Gasteiger partial charge in [0, 0.05) is 32.3 Å². The summed E-state index contributed by atoms with van der Waals surface area (Å²) in [4.78, 5) is 29.7. The van der Waals surface area contributed by atoms with Crippen LogP contribution in [0, 0.1) is 6.92 Å². The Kier molecular flexibility index (Phi) is 7.08. The van der Waals surface area contributed by atoms with Gasteiger partial charge in [-0.05, 0) is 55.5 Å². The van der Waals surface area contributed by atoms with Crippen molar-refractivity contribution in [2.45, 2.75) is 17.6 Å². The van der Waals surface area contributed by atoms with E-state index in [4.69, 9.17) is 11.6 Å². The predicted molar refractivity (Wildman–Crippen MR) is 115 cm³/mol. The Morgan fingerprint density at radius 1 is 1.11 bits per heavy atom. The zero-order valence-corrected chi connectivity index (χ0v) is 17.5. The third-order valence-corrected chi connectivity index (χ3v) is 5.83. The number of halogens is 1. The van der Waals surface area contributed by atoms with Gasteiger partial charge >= 0.3 is 0 Å². The van der Waals surface area contributed by atoms with Crippen molar-refractivity contribution >= 4 is 52.2 Å². The fraction of sp³-hybridized carbons (Fsp3) is 0.150. The van der Waals surface area contributed by atoms with E-state index in [0.29, 0.717) is 16.3 Å². The first-order chi connectivity index (χ1) is 13.5. The molecule has 0 aliphatic heterocycles. The molecule has 2 aromatic carbocycles. The summed E-state index contributed by atoms with van der Waals surface area (Å²) >= 11 is 9.11. The first kappa shape index (κ1) is 20.4. The molecule has 2 N–H and O–H groups in total. The Hall–Kier alpha value is -2.35. The van der Waals surface area contributed by atoms with E-state index in [1.807, 2.05) is 19.1 Å². The summed E-state index contributed by atoms with van der Waals surface area (Å²) in [5.41, 5.74) is 2.19. The molecule has 0 bridgehead atoms. The molecular formula is C20H18ClN3O2S2. The number of anilines is 1. The highest BCUT2D eigenvalue weighted by Gasteiger charge is 2.09. The molecule has 3 aromatic rings. The number of rotatable bonds is 7. The lowest BCUT2D eigenvalue weighted by molar-refractivity contribution is -0.115. The second-order valence-corrected chi connectivity index (χ2v) is 8.46. The SMILES string of the molecule is Cc1nc(CSc2ccc(C(=O)NCC(=O)Nc3ccc(Cl)cc3)cc2)cs1. The molecule has 144 valence electrons. The van der Waals surface area contributed by atoms with Crippen molar-refractivity contribution in [1.82, 2.24) is 10.3 Å². The first-order valence-electron chi connectivity index (χ1n) is 8.47. The molecule has 1 aromatic heterocycles. The van der Waals surface area contributed by atoms with E-state index in [-0.39, 0.29) is 18.4 Å². The van der Waals surface area contributed by atoms with Crippen LogP contribution in [0.3, 0.4) is 0 Å². The normalized spacial score (nSPS) is 10.5. The van der Waals surface area contributed by atoms with Gasteiger partial charge in [-0.25, -0.2) is 4.98 Å². The van der Waals surface area contributed by atoms with Gasteiger partial charge in [0.2, 0.25) is 5.91 Å². The number of thiazole rings is 1. The van der Waals surface area contributed by atoms with Gasteiger partial charge in [0.15, 0.2) is 0 Å². The summed E-state index contributed by atoms with van der Waals surface area (Å²) in [7, 11) is 0. The topological polar surface area (TPSA) is 71.1 Å². The molecule has 0 aliphatic carbocycles. The Bertz CT molecular complexity index is 956. The Morgan fingerprint density at radius 3 is 2.46 bits per heavy atom. The van der Waals surface area contributed by atoms with Crippen LogP contribution in [-0.4, -0.2) is 23.3 Å². The zero-order valence-electron chi connectivity index (χ0n) is 15.1. The third kappa shape index (κ3) is 6.09. The van der Waals surface area contributed by atoms with Crippen LogP contribution in [0.5, 0.6) is 0 Å². The molecule has 3 rings (SSSR count). The molecule has 8 heteroatoms. The number of hydrogen-bond acceptors (Lipinski definition) is 5. The van der Waals surface area contributed by atoms with Crippen molar-refractivity contribution in [2.24, 2.45) is 0 Å². The van der Waals surface area contributed by atoms with E-state index in [2.05, 4.69) is 21.0 Å². The van der Waals surface area contributed by atoms with Gasteiger partial charge in [0.05, 0.1) is 17.2 Å². The minimum absolute atomic E-state index is 0.110. The summed E-state index contributed by atoms with van der Waals surface area (Å²) in [5, 5.41) is 9.02. The van der Waals surface area contributed by atoms with E-state index in [0.717, 1.165) is 21.3 Å². The molecule has 0 fully saturated rings. The molecule has 2 amide bonds. The smallest absolute Gasteiger partial charge is 0.251 e. The van der Waals surface area contributed by atoms with E-state index >= 15 is 0 Å². The molecule has 0 spiro atoms. The molecule has 0 unspecified atom stereocenters. The maximum Gasteiger partial charge on any atom is 0.251 e. The maximum absolute atomic E-state index is 12.2. The largest absolute Gasteiger partial charge is 0.343 e. The summed E-state index contributed by atoms with van der Waals surface area (Å²) in [5.74, 6) is 0.195. The number of aromatic nitrogens is 1. The fourth-order valence-electron chi connectivity index (χ4n) is 2.34. The van der Waals surface area contributed by atoms with E-state index in [1.165, 1.54) is 0 Å². The quantitative estimate of drug-likeness (QED) is 0.529. The first-order valence-corrected chi connectivity index (χ1v) is 10.7. The van der Waals surface area contributed by atoms with Crippen molar-refractivity contribution in [2.75, 3.05) is 11.9 Å². The van der Waals surface area contributed by atoms with Gasteiger partial charge in [-0.2, -0.15) is 0 Å². The van der Waals surface area contributed by atoms with Crippen molar-refractivity contribution in [3.63, 3.8) is 0 Å². The zero-order chi connectivity index (χ0) is 19.9. The van der Waals surface area contributed by atoms with Crippen molar-refractivity contribution in [1.29, 1.82) is 0 Å². The summed E-state index contributed by atoms with van der Waals surface area (Å²) < 4.78 is 0. The number of nitrogens with one attached hydrogen (secondary N) is 2. The van der Waals surface area contributed by atoms with E-state index < -0.39 is 0 Å². The minimum Gasteiger partial charge on any atom is -0.343 e. The Morgan fingerprint density at radius 2 is 1.82 bits per heavy atom. The highest BCUT2D eigenvalue weighted by atomic mass is 35.5. The van der Waals surface area contributed by atoms with Crippen LogP contribution >= 0.6 is 34.7 Å². The van der Waals surface area contributed by atoms with Crippen LogP contribution in [0.1, 0.15) is 21.1 Å². The molecule has 5 nitrogen and oxygen atoms in total. The highest BCUT2D eigenvalue weighted by molar-refractivity contribution is 7.98. The van der Waals surface area contributed by atoms with Gasteiger partial charge < -0.3 is 10.6 Å². The van der Waals surface area contributed by atoms with Crippen molar-refractivity contribution < 1.29 is 9.59 Å². The Labute approximate surface area is 176 Å². The maximum atomic E-state index is 12.2. The molecule has 0 aliphatic rings. The summed E-state index contributed by atoms with van der Waals surface area (Å²) in [6, 6.07) is 14.1. The number of aryl methyl sites for hydroxylation is 1. The van der Waals surface area contributed by atoms with E-state index in [1.54, 1.807) is 59.5 Å². The lowest BCUT2D eigenvalue weighted by Crippen LogP contribution is -2.32. The average molecular weight is 432 g/mol. The predicted octanol–water partition coefficient (Wildman–Crippen LogP) is 4.77. The number of benzene rings is 2. The molecular weight excluding hydrogens is 414 g/mol. The molecule has 28 heavy (non-hydrogen) atoms. The van der Waals surface area contributed by atoms with Crippen LogP contribution in [-0.2, 0) is 10.5 Å². The van der Waals surface area contributed by atoms with Gasteiger partial charge in [-0.15, -0.1) is 23.1 Å². The Balaban J connectivity index is 1.46. The summed E-state index contributed by atoms with van der Waals surface area (Å²) in [6.45, 7) is 1.88. The molecule has 1 heterocycles. The van der Waals surface area contributed by atoms with Crippen LogP contribution in [0.15, 0.2) is 58.8 Å². The van der Waals surface area contributed by atoms with Gasteiger partial charge in [-0.1, -0.05) is 11.6 Å². The van der Waals surface area contributed by atoms with Gasteiger partial charge in [0.1, 0.15) is 0 Å². The van der Waals surface area contributed by atoms with Crippen molar-refractivity contribution in [3.05, 3.63) is 75.2 Å². The monoisotopic (exact) mass is 431 g/mol. The van der Waals surface area contributed by atoms with Crippen LogP contribution in [0.25, 0.3) is 0 Å². The third-order valence-electron chi connectivity index (χ3n) is 3.71. The highest BCUT2D eigenvalue weighted by Crippen LogP contribution is 2.23. The molecule has 0 saturated heterocycles. The second kappa shape index (κ2) is 9.73. The summed E-state index contributed by atoms with van der Waals surface area (Å²) in [6.07, 6.45) is 0.